The number of aliphatic hydroxyl groups is 1. The molecule has 2 aromatic carbocycles. The van der Waals surface area contributed by atoms with E-state index in [0.717, 1.165) is 25.7 Å². The van der Waals surface area contributed by atoms with Crippen molar-refractivity contribution < 1.29 is 44.4 Å². The molecule has 1 fully saturated rings. The highest BCUT2D eigenvalue weighted by molar-refractivity contribution is 6.17. The third-order valence-electron chi connectivity index (χ3n) is 10.4. The van der Waals surface area contributed by atoms with Gasteiger partial charge in [-0.1, -0.05) is 70.2 Å². The fourth-order valence-electron chi connectivity index (χ4n) is 6.89. The Balaban J connectivity index is 1.80. The number of carbonyl (C=O) groups excluding carboxylic acids is 4. The molecule has 3 rings (SSSR count). The number of likely N-dealkylation sites (N-methyl/N-ethyl adjacent to an activating group) is 1. The van der Waals surface area contributed by atoms with Crippen molar-refractivity contribution in [2.45, 2.75) is 121 Å². The number of carboxylic acid groups (broad SMARTS) is 1. The number of nitrogens with zero attached hydrogens (tertiary/aromatic N) is 2. The van der Waals surface area contributed by atoms with Crippen LogP contribution in [-0.4, -0.2) is 116 Å². The molecule has 1 aliphatic heterocycles. The summed E-state index contributed by atoms with van der Waals surface area (Å²) in [7, 11) is 1.46. The number of nitrogens with one attached hydrogen (secondary N) is 2. The molecule has 2 aromatic rings. The van der Waals surface area contributed by atoms with Crippen LogP contribution >= 0.6 is 11.6 Å². The van der Waals surface area contributed by atoms with Gasteiger partial charge >= 0.3 is 5.97 Å². The molecule has 0 bridgehead atoms. The Morgan fingerprint density at radius 1 is 0.891 bits per heavy atom. The molecule has 7 atom stereocenters. The van der Waals surface area contributed by atoms with Gasteiger partial charge in [-0.05, 0) is 67.0 Å². The minimum absolute atomic E-state index is 0.0125. The van der Waals surface area contributed by atoms with Crippen molar-refractivity contribution >= 4 is 41.2 Å². The minimum Gasteiger partial charge on any atom is -0.508 e. The lowest BCUT2D eigenvalue weighted by atomic mass is 9.94. The van der Waals surface area contributed by atoms with Gasteiger partial charge in [0.2, 0.25) is 17.7 Å². The molecular formula is C40H58ClN5O9. The number of aliphatic carboxylic acids is 1. The van der Waals surface area contributed by atoms with E-state index in [2.05, 4.69) is 10.6 Å². The number of amides is 4. The van der Waals surface area contributed by atoms with Crippen LogP contribution in [0.4, 0.5) is 0 Å². The molecule has 4 amide bonds. The zero-order chi connectivity index (χ0) is 40.7. The van der Waals surface area contributed by atoms with Gasteiger partial charge in [0, 0.05) is 38.4 Å². The van der Waals surface area contributed by atoms with E-state index in [1.54, 1.807) is 24.3 Å². The summed E-state index contributed by atoms with van der Waals surface area (Å²) in [6, 6.07) is 6.65. The summed E-state index contributed by atoms with van der Waals surface area (Å²) in [5.41, 5.74) is 7.39. The summed E-state index contributed by atoms with van der Waals surface area (Å²) < 4.78 is 0. The summed E-state index contributed by atoms with van der Waals surface area (Å²) in [6.45, 7) is 3.89. The Kier molecular flexibility index (Phi) is 18.2. The lowest BCUT2D eigenvalue weighted by Gasteiger charge is -2.38. The maximum absolute atomic E-state index is 14.4. The molecule has 0 saturated carbocycles. The maximum atomic E-state index is 14.4. The zero-order valence-corrected chi connectivity index (χ0v) is 32.8. The van der Waals surface area contributed by atoms with Gasteiger partial charge in [0.1, 0.15) is 41.8 Å². The third kappa shape index (κ3) is 13.4. The van der Waals surface area contributed by atoms with Crippen molar-refractivity contribution in [3.05, 3.63) is 59.7 Å². The largest absolute Gasteiger partial charge is 0.508 e. The number of hydrogen-bond acceptors (Lipinski definition) is 9. The lowest BCUT2D eigenvalue weighted by Crippen LogP contribution is -2.60. The van der Waals surface area contributed by atoms with Crippen molar-refractivity contribution in [1.29, 1.82) is 0 Å². The van der Waals surface area contributed by atoms with Crippen LogP contribution < -0.4 is 16.4 Å². The quantitative estimate of drug-likeness (QED) is 0.0683. The van der Waals surface area contributed by atoms with Crippen LogP contribution in [0, 0.1) is 5.92 Å². The van der Waals surface area contributed by atoms with Crippen LogP contribution in [0.25, 0.3) is 0 Å². The van der Waals surface area contributed by atoms with Crippen molar-refractivity contribution in [2.24, 2.45) is 11.7 Å². The number of phenols is 2. The van der Waals surface area contributed by atoms with Crippen LogP contribution in [0.2, 0.25) is 0 Å². The fourth-order valence-corrected chi connectivity index (χ4v) is 7.08. The molecule has 55 heavy (non-hydrogen) atoms. The second-order valence-corrected chi connectivity index (χ2v) is 14.9. The topological polar surface area (TPSA) is 223 Å². The number of rotatable bonds is 22. The summed E-state index contributed by atoms with van der Waals surface area (Å²) in [6.07, 6.45) is 4.42. The van der Waals surface area contributed by atoms with Crippen LogP contribution in [0.3, 0.4) is 0 Å². The lowest BCUT2D eigenvalue weighted by molar-refractivity contribution is -0.151. The molecular weight excluding hydrogens is 730 g/mol. The number of phenolic OH excluding ortho intramolecular Hbond substituents is 2. The van der Waals surface area contributed by atoms with E-state index < -0.39 is 65.9 Å². The molecule has 0 spiro atoms. The first-order chi connectivity index (χ1) is 26.2. The molecule has 7 unspecified atom stereocenters. The smallest absolute Gasteiger partial charge is 0.326 e. The summed E-state index contributed by atoms with van der Waals surface area (Å²) in [4.78, 5) is 70.5. The molecule has 0 aliphatic carbocycles. The zero-order valence-electron chi connectivity index (χ0n) is 32.0. The van der Waals surface area contributed by atoms with Crippen LogP contribution in [-0.2, 0) is 36.8 Å². The second-order valence-electron chi connectivity index (χ2n) is 14.5. The number of aromatic hydroxyl groups is 2. The Morgan fingerprint density at radius 3 is 1.98 bits per heavy atom. The number of carboxylic acids is 1. The van der Waals surface area contributed by atoms with E-state index in [9.17, 15) is 44.4 Å². The molecule has 14 nitrogen and oxygen atoms in total. The molecule has 304 valence electrons. The summed E-state index contributed by atoms with van der Waals surface area (Å²) in [5.74, 6) is -3.58. The number of aliphatic hydroxyl groups excluding tert-OH is 1. The maximum Gasteiger partial charge on any atom is 0.326 e. The highest BCUT2D eigenvalue weighted by atomic mass is 35.5. The number of alkyl halides is 1. The monoisotopic (exact) mass is 787 g/mol. The second kappa shape index (κ2) is 22.2. The SMILES string of the molecule is CCC(C)C(C(=O)N1CCCC1C(=O)NC(Cc1ccc(O)cc1)C(=O)O)N(C)C(=O)C(Cc1ccc(O)cc1)NC(=O)C(O)C(N)CCCCCCCCl. The average Bonchev–Trinajstić information content (AvgIpc) is 3.67. The predicted octanol–water partition coefficient (Wildman–Crippen LogP) is 3.07. The first-order valence-corrected chi connectivity index (χ1v) is 19.7. The van der Waals surface area contributed by atoms with Crippen molar-refractivity contribution in [3.8, 4) is 11.5 Å². The normalized spacial score (nSPS) is 17.3. The first-order valence-electron chi connectivity index (χ1n) is 19.1. The first kappa shape index (κ1) is 45.0. The number of halogens is 1. The Labute approximate surface area is 328 Å². The van der Waals surface area contributed by atoms with Gasteiger partial charge in [-0.15, -0.1) is 11.6 Å². The summed E-state index contributed by atoms with van der Waals surface area (Å²) in [5, 5.41) is 45.4. The van der Waals surface area contributed by atoms with Crippen LogP contribution in [0.1, 0.15) is 82.8 Å². The average molecular weight is 788 g/mol. The van der Waals surface area contributed by atoms with Crippen LogP contribution in [0.5, 0.6) is 11.5 Å². The number of unbranched alkanes of at least 4 members (excludes halogenated alkanes) is 4. The van der Waals surface area contributed by atoms with Crippen LogP contribution in [0.15, 0.2) is 48.5 Å². The highest BCUT2D eigenvalue weighted by Crippen LogP contribution is 2.25. The van der Waals surface area contributed by atoms with E-state index >= 15 is 0 Å². The van der Waals surface area contributed by atoms with Crippen molar-refractivity contribution in [3.63, 3.8) is 0 Å². The highest BCUT2D eigenvalue weighted by Gasteiger charge is 2.43. The minimum atomic E-state index is -1.59. The van der Waals surface area contributed by atoms with E-state index in [4.69, 9.17) is 17.3 Å². The Morgan fingerprint density at radius 2 is 1.44 bits per heavy atom. The van der Waals surface area contributed by atoms with Gasteiger partial charge in [0.05, 0.1) is 0 Å². The molecule has 1 saturated heterocycles. The standard InChI is InChI=1S/C40H58ClN5O9/c1-4-25(2)34(39(53)46-22-10-12-33(46)36(50)44-32(40(54)55)24-27-15-19-29(48)20-16-27)45(3)38(52)31(23-26-13-17-28(47)18-14-26)43-37(51)35(49)30(42)11-8-6-5-7-9-21-41/h13-20,25,30-35,47-49H,4-12,21-24,42H2,1-3H3,(H,43,51)(H,44,50)(H,54,55). The molecule has 15 heteroatoms. The van der Waals surface area contributed by atoms with Crippen molar-refractivity contribution in [1.82, 2.24) is 20.4 Å². The van der Waals surface area contributed by atoms with Gasteiger partial charge < -0.3 is 46.6 Å². The van der Waals surface area contributed by atoms with E-state index in [1.807, 2.05) is 13.8 Å². The van der Waals surface area contributed by atoms with Gasteiger partial charge in [-0.3, -0.25) is 19.2 Å². The third-order valence-corrected chi connectivity index (χ3v) is 10.6. The van der Waals surface area contributed by atoms with E-state index in [0.29, 0.717) is 49.1 Å². The van der Waals surface area contributed by atoms with E-state index in [1.165, 1.54) is 41.1 Å². The molecule has 1 heterocycles. The van der Waals surface area contributed by atoms with Gasteiger partial charge in [0.15, 0.2) is 0 Å². The molecule has 8 N–H and O–H groups in total. The van der Waals surface area contributed by atoms with Gasteiger partial charge in [-0.25, -0.2) is 4.79 Å². The van der Waals surface area contributed by atoms with E-state index in [-0.39, 0.29) is 36.8 Å². The number of benzene rings is 2. The predicted molar refractivity (Wildman–Crippen MR) is 208 cm³/mol. The number of likely N-dealkylation sites (tertiary alicyclic amines) is 1. The molecule has 0 radical (unpaired) electrons. The van der Waals surface area contributed by atoms with Crippen molar-refractivity contribution in [2.75, 3.05) is 19.5 Å². The summed E-state index contributed by atoms with van der Waals surface area (Å²) >= 11 is 5.74. The van der Waals surface area contributed by atoms with Gasteiger partial charge in [0.25, 0.3) is 5.91 Å². The fraction of sp³-hybridized carbons (Fsp3) is 0.575. The molecule has 0 aromatic heterocycles. The Bertz CT molecular complexity index is 1560. The number of nitrogens with two attached hydrogens (primary N) is 1. The number of carbonyl (C=O) groups is 5. The molecule has 1 aliphatic rings. The number of hydrogen-bond donors (Lipinski definition) is 7. The van der Waals surface area contributed by atoms with Gasteiger partial charge in [-0.2, -0.15) is 0 Å². The Hall–Kier alpha value is -4.40.